The zero-order chi connectivity index (χ0) is 18.3. The molecular formula is C18H21FN4O2. The number of halogens is 1. The third-order valence-corrected chi connectivity index (χ3v) is 4.89. The first-order valence-electron chi connectivity index (χ1n) is 8.11. The molecule has 0 unspecified atom stereocenters. The van der Waals surface area contributed by atoms with Crippen LogP contribution < -0.4 is 5.32 Å². The highest BCUT2D eigenvalue weighted by molar-refractivity contribution is 5.98. The molecule has 0 aliphatic carbocycles. The molecule has 2 amide bonds. The molecule has 1 aromatic carbocycles. The number of carbonyl (C=O) groups excluding carboxylic acids is 2. The zero-order valence-electron chi connectivity index (χ0n) is 14.7. The molecular weight excluding hydrogens is 323 g/mol. The predicted octanol–water partition coefficient (Wildman–Crippen LogP) is 2.33. The average Bonchev–Trinajstić information content (AvgIpc) is 2.99. The van der Waals surface area contributed by atoms with E-state index in [2.05, 4.69) is 10.4 Å². The largest absolute Gasteiger partial charge is 0.338 e. The molecule has 0 spiro atoms. The van der Waals surface area contributed by atoms with Crippen LogP contribution in [0.25, 0.3) is 0 Å². The molecule has 1 N–H and O–H groups in total. The molecule has 1 aliphatic heterocycles. The van der Waals surface area contributed by atoms with Crippen LogP contribution in [0.1, 0.15) is 29.4 Å². The Morgan fingerprint density at radius 3 is 2.44 bits per heavy atom. The normalized spacial score (nSPS) is 20.2. The van der Waals surface area contributed by atoms with E-state index in [4.69, 9.17) is 0 Å². The van der Waals surface area contributed by atoms with Gasteiger partial charge in [0.15, 0.2) is 0 Å². The molecule has 3 rings (SSSR count). The minimum Gasteiger partial charge on any atom is -0.338 e. The van der Waals surface area contributed by atoms with E-state index < -0.39 is 12.0 Å². The molecule has 1 fully saturated rings. The highest BCUT2D eigenvalue weighted by Gasteiger charge is 2.43. The Hall–Kier alpha value is -2.70. The van der Waals surface area contributed by atoms with Gasteiger partial charge >= 0.3 is 0 Å². The second kappa shape index (κ2) is 6.31. The lowest BCUT2D eigenvalue weighted by molar-refractivity contribution is -0.127. The van der Waals surface area contributed by atoms with Crippen LogP contribution in [0.4, 0.5) is 10.1 Å². The Kier molecular flexibility index (Phi) is 4.32. The molecule has 2 aromatic rings. The third kappa shape index (κ3) is 3.01. The minimum absolute atomic E-state index is 0.103. The summed E-state index contributed by atoms with van der Waals surface area (Å²) in [5.41, 5.74) is 2.99. The smallest absolute Gasteiger partial charge is 0.230 e. The maximum atomic E-state index is 13.2. The maximum absolute atomic E-state index is 13.2. The van der Waals surface area contributed by atoms with E-state index in [-0.39, 0.29) is 24.1 Å². The molecule has 0 radical (unpaired) electrons. The van der Waals surface area contributed by atoms with Gasteiger partial charge in [-0.3, -0.25) is 14.3 Å². The monoisotopic (exact) mass is 344 g/mol. The highest BCUT2D eigenvalue weighted by atomic mass is 19.1. The van der Waals surface area contributed by atoms with E-state index in [0.29, 0.717) is 5.69 Å². The van der Waals surface area contributed by atoms with Crippen molar-refractivity contribution in [2.24, 2.45) is 13.0 Å². The Balaban J connectivity index is 1.89. The number of nitrogens with zero attached hydrogens (tertiary/aromatic N) is 3. The van der Waals surface area contributed by atoms with Crippen molar-refractivity contribution in [1.82, 2.24) is 14.7 Å². The summed E-state index contributed by atoms with van der Waals surface area (Å²) in [6.45, 7) is 3.70. The molecule has 25 heavy (non-hydrogen) atoms. The van der Waals surface area contributed by atoms with Crippen molar-refractivity contribution in [2.75, 3.05) is 12.4 Å². The molecule has 132 valence electrons. The zero-order valence-corrected chi connectivity index (χ0v) is 14.7. The molecule has 1 saturated heterocycles. The van der Waals surface area contributed by atoms with Gasteiger partial charge in [-0.1, -0.05) is 12.1 Å². The third-order valence-electron chi connectivity index (χ3n) is 4.89. The van der Waals surface area contributed by atoms with E-state index in [1.165, 1.54) is 12.1 Å². The van der Waals surface area contributed by atoms with E-state index in [1.54, 1.807) is 28.8 Å². The van der Waals surface area contributed by atoms with Gasteiger partial charge in [0.2, 0.25) is 11.8 Å². The summed E-state index contributed by atoms with van der Waals surface area (Å²) < 4.78 is 14.9. The molecule has 2 atom stereocenters. The lowest BCUT2D eigenvalue weighted by Gasteiger charge is -2.25. The summed E-state index contributed by atoms with van der Waals surface area (Å²) in [5, 5.41) is 7.21. The van der Waals surface area contributed by atoms with E-state index in [1.807, 2.05) is 20.9 Å². The number of anilines is 1. The van der Waals surface area contributed by atoms with Gasteiger partial charge in [0.25, 0.3) is 0 Å². The first-order valence-corrected chi connectivity index (χ1v) is 8.11. The Morgan fingerprint density at radius 2 is 1.88 bits per heavy atom. The summed E-state index contributed by atoms with van der Waals surface area (Å²) in [4.78, 5) is 26.6. The Morgan fingerprint density at radius 1 is 1.24 bits per heavy atom. The second-order valence-electron chi connectivity index (χ2n) is 6.47. The van der Waals surface area contributed by atoms with Gasteiger partial charge in [-0.15, -0.1) is 0 Å². The first kappa shape index (κ1) is 17.1. The lowest BCUT2D eigenvalue weighted by Crippen LogP contribution is -2.30. The van der Waals surface area contributed by atoms with Crippen LogP contribution in [0.3, 0.4) is 0 Å². The SMILES string of the molecule is Cc1nn(C)c(C)c1NC(=O)[C@H]1CC(=O)N(C)[C@@H]1c1ccc(F)cc1. The molecule has 6 nitrogen and oxygen atoms in total. The van der Waals surface area contributed by atoms with Gasteiger partial charge < -0.3 is 10.2 Å². The van der Waals surface area contributed by atoms with E-state index >= 15 is 0 Å². The summed E-state index contributed by atoms with van der Waals surface area (Å²) in [6.07, 6.45) is 0.128. The number of amides is 2. The van der Waals surface area contributed by atoms with Crippen LogP contribution in [0, 0.1) is 25.6 Å². The van der Waals surface area contributed by atoms with Gasteiger partial charge in [0.05, 0.1) is 29.0 Å². The predicted molar refractivity (Wildman–Crippen MR) is 91.3 cm³/mol. The fourth-order valence-electron chi connectivity index (χ4n) is 3.39. The highest BCUT2D eigenvalue weighted by Crippen LogP contribution is 2.38. The molecule has 1 aromatic heterocycles. The fraction of sp³-hybridized carbons (Fsp3) is 0.389. The fourth-order valence-corrected chi connectivity index (χ4v) is 3.39. The number of rotatable bonds is 3. The number of likely N-dealkylation sites (tertiary alicyclic amines) is 1. The summed E-state index contributed by atoms with van der Waals surface area (Å²) >= 11 is 0. The van der Waals surface area contributed by atoms with Crippen LogP contribution >= 0.6 is 0 Å². The van der Waals surface area contributed by atoms with Crippen LogP contribution in [0.15, 0.2) is 24.3 Å². The van der Waals surface area contributed by atoms with Crippen molar-refractivity contribution in [3.05, 3.63) is 47.0 Å². The van der Waals surface area contributed by atoms with Crippen LogP contribution in [-0.2, 0) is 16.6 Å². The first-order chi connectivity index (χ1) is 11.8. The van der Waals surface area contributed by atoms with E-state index in [9.17, 15) is 14.0 Å². The number of aromatic nitrogens is 2. The van der Waals surface area contributed by atoms with E-state index in [0.717, 1.165) is 17.0 Å². The Bertz CT molecular complexity index is 828. The average molecular weight is 344 g/mol. The second-order valence-corrected chi connectivity index (χ2v) is 6.47. The molecule has 7 heteroatoms. The Labute approximate surface area is 145 Å². The van der Waals surface area contributed by atoms with Crippen molar-refractivity contribution in [1.29, 1.82) is 0 Å². The summed E-state index contributed by atoms with van der Waals surface area (Å²) in [7, 11) is 3.48. The topological polar surface area (TPSA) is 67.2 Å². The van der Waals surface area contributed by atoms with Crippen molar-refractivity contribution in [3.8, 4) is 0 Å². The van der Waals surface area contributed by atoms with Crippen molar-refractivity contribution < 1.29 is 14.0 Å². The van der Waals surface area contributed by atoms with Gasteiger partial charge in [-0.2, -0.15) is 5.10 Å². The number of hydrogen-bond donors (Lipinski definition) is 1. The van der Waals surface area contributed by atoms with Crippen molar-refractivity contribution in [3.63, 3.8) is 0 Å². The lowest BCUT2D eigenvalue weighted by atomic mass is 9.92. The van der Waals surface area contributed by atoms with Gasteiger partial charge in [-0.25, -0.2) is 4.39 Å². The standard InChI is InChI=1S/C18H21FN4O2/c1-10-16(11(2)23(4)21-10)20-18(25)14-9-15(24)22(3)17(14)12-5-7-13(19)8-6-12/h5-8,14,17H,9H2,1-4H3,(H,20,25)/t14-,17+/m0/s1. The number of aryl methyl sites for hydroxylation is 2. The van der Waals surface area contributed by atoms with Crippen molar-refractivity contribution in [2.45, 2.75) is 26.3 Å². The number of carbonyl (C=O) groups is 2. The maximum Gasteiger partial charge on any atom is 0.230 e. The van der Waals surface area contributed by atoms with Gasteiger partial charge in [0, 0.05) is 20.5 Å². The molecule has 1 aliphatic rings. The molecule has 2 heterocycles. The quantitative estimate of drug-likeness (QED) is 0.929. The number of hydrogen-bond acceptors (Lipinski definition) is 3. The van der Waals surface area contributed by atoms with Crippen LogP contribution in [-0.4, -0.2) is 33.5 Å². The van der Waals surface area contributed by atoms with Gasteiger partial charge in [-0.05, 0) is 31.5 Å². The van der Waals surface area contributed by atoms with Crippen LogP contribution in [0.2, 0.25) is 0 Å². The molecule has 0 bridgehead atoms. The van der Waals surface area contributed by atoms with Gasteiger partial charge in [0.1, 0.15) is 5.82 Å². The minimum atomic E-state index is -0.540. The van der Waals surface area contributed by atoms with Crippen LogP contribution in [0.5, 0.6) is 0 Å². The molecule has 0 saturated carbocycles. The number of benzene rings is 1. The van der Waals surface area contributed by atoms with Crippen molar-refractivity contribution >= 4 is 17.5 Å². The number of nitrogens with one attached hydrogen (secondary N) is 1. The summed E-state index contributed by atoms with van der Waals surface area (Å²) in [6, 6.07) is 5.52. The summed E-state index contributed by atoms with van der Waals surface area (Å²) in [5.74, 6) is -1.22.